The van der Waals surface area contributed by atoms with E-state index in [4.69, 9.17) is 5.73 Å². The van der Waals surface area contributed by atoms with Crippen molar-refractivity contribution in [1.82, 2.24) is 4.90 Å². The molecule has 2 heteroatoms. The molecule has 0 amide bonds. The summed E-state index contributed by atoms with van der Waals surface area (Å²) in [5.41, 5.74) is 6.33. The molecule has 1 saturated carbocycles. The fourth-order valence-corrected chi connectivity index (χ4v) is 2.11. The highest BCUT2D eigenvalue weighted by atomic mass is 15.2. The van der Waals surface area contributed by atoms with Gasteiger partial charge in [0.15, 0.2) is 0 Å². The highest BCUT2D eigenvalue weighted by Crippen LogP contribution is 2.41. The number of hydrogen-bond acceptors (Lipinski definition) is 2. The third-order valence-electron chi connectivity index (χ3n) is 3.01. The molecule has 58 valence electrons. The molecule has 1 aliphatic heterocycles. The molecule has 2 aliphatic rings. The van der Waals surface area contributed by atoms with Crippen LogP contribution in [0.1, 0.15) is 25.7 Å². The number of nitrogens with zero attached hydrogens (tertiary/aromatic N) is 1. The van der Waals surface area contributed by atoms with Crippen LogP contribution in [0.25, 0.3) is 0 Å². The zero-order valence-corrected chi connectivity index (χ0v) is 6.64. The fourth-order valence-electron chi connectivity index (χ4n) is 2.11. The lowest BCUT2D eigenvalue weighted by atomic mass is 10.1. The van der Waals surface area contributed by atoms with Crippen molar-refractivity contribution >= 4 is 0 Å². The van der Waals surface area contributed by atoms with E-state index >= 15 is 0 Å². The smallest absolute Gasteiger partial charge is 0.0313 e. The Balaban J connectivity index is 2.03. The van der Waals surface area contributed by atoms with Gasteiger partial charge in [-0.2, -0.15) is 0 Å². The molecule has 0 radical (unpaired) electrons. The van der Waals surface area contributed by atoms with Gasteiger partial charge >= 0.3 is 0 Å². The maximum atomic E-state index is 6.10. The molecule has 2 nitrogen and oxygen atoms in total. The molecule has 10 heavy (non-hydrogen) atoms. The van der Waals surface area contributed by atoms with Crippen molar-refractivity contribution in [1.29, 1.82) is 0 Å². The summed E-state index contributed by atoms with van der Waals surface area (Å²) in [6, 6.07) is 0.701. The Morgan fingerprint density at radius 2 is 2.20 bits per heavy atom. The zero-order valence-electron chi connectivity index (χ0n) is 6.64. The molecule has 1 heterocycles. The standard InChI is InChI=1S/C8H16N2/c1-10-6-2-3-7(10)8(9)4-5-8/h7H,2-6,9H2,1H3. The third-order valence-corrected chi connectivity index (χ3v) is 3.01. The van der Waals surface area contributed by atoms with E-state index in [9.17, 15) is 0 Å². The molecule has 2 N–H and O–H groups in total. The van der Waals surface area contributed by atoms with E-state index in [0.29, 0.717) is 6.04 Å². The van der Waals surface area contributed by atoms with E-state index in [1.165, 1.54) is 32.2 Å². The SMILES string of the molecule is CN1CCCC1C1(N)CC1. The summed E-state index contributed by atoms with van der Waals surface area (Å²) in [7, 11) is 2.20. The van der Waals surface area contributed by atoms with Crippen LogP contribution < -0.4 is 5.73 Å². The molecule has 0 aromatic carbocycles. The fraction of sp³-hybridized carbons (Fsp3) is 1.00. The van der Waals surface area contributed by atoms with Crippen molar-refractivity contribution in [3.63, 3.8) is 0 Å². The average Bonchev–Trinajstić information content (AvgIpc) is 2.44. The van der Waals surface area contributed by atoms with Gasteiger partial charge in [0.1, 0.15) is 0 Å². The number of likely N-dealkylation sites (tertiary alicyclic amines) is 1. The molecule has 0 spiro atoms. The first kappa shape index (κ1) is 6.62. The number of likely N-dealkylation sites (N-methyl/N-ethyl adjacent to an activating group) is 1. The van der Waals surface area contributed by atoms with E-state index in [1.54, 1.807) is 0 Å². The van der Waals surface area contributed by atoms with Crippen LogP contribution in [-0.2, 0) is 0 Å². The maximum Gasteiger partial charge on any atom is 0.0313 e. The predicted molar refractivity (Wildman–Crippen MR) is 41.8 cm³/mol. The third kappa shape index (κ3) is 0.867. The van der Waals surface area contributed by atoms with Gasteiger partial charge in [-0.1, -0.05) is 0 Å². The molecule has 1 saturated heterocycles. The van der Waals surface area contributed by atoms with Crippen molar-refractivity contribution < 1.29 is 0 Å². The first-order valence-electron chi connectivity index (χ1n) is 4.21. The Kier molecular flexibility index (Phi) is 1.29. The molecule has 1 aliphatic carbocycles. The van der Waals surface area contributed by atoms with Crippen LogP contribution in [0.3, 0.4) is 0 Å². The molecule has 2 rings (SSSR count). The van der Waals surface area contributed by atoms with Gasteiger partial charge in [0.25, 0.3) is 0 Å². The number of hydrogen-bond donors (Lipinski definition) is 1. The van der Waals surface area contributed by atoms with Crippen LogP contribution >= 0.6 is 0 Å². The number of nitrogens with two attached hydrogens (primary N) is 1. The summed E-state index contributed by atoms with van der Waals surface area (Å²) in [4.78, 5) is 2.42. The van der Waals surface area contributed by atoms with Crippen LogP contribution in [0.15, 0.2) is 0 Å². The quantitative estimate of drug-likeness (QED) is 0.577. The lowest BCUT2D eigenvalue weighted by Crippen LogP contribution is -2.44. The minimum Gasteiger partial charge on any atom is -0.324 e. The average molecular weight is 140 g/mol. The zero-order chi connectivity index (χ0) is 7.19. The van der Waals surface area contributed by atoms with E-state index in [-0.39, 0.29) is 5.54 Å². The maximum absolute atomic E-state index is 6.10. The van der Waals surface area contributed by atoms with E-state index in [1.807, 2.05) is 0 Å². The van der Waals surface area contributed by atoms with Gasteiger partial charge in [-0.05, 0) is 39.3 Å². The minimum atomic E-state index is 0.227. The second-order valence-electron chi connectivity index (χ2n) is 3.87. The van der Waals surface area contributed by atoms with Crippen LogP contribution in [0.4, 0.5) is 0 Å². The van der Waals surface area contributed by atoms with Gasteiger partial charge < -0.3 is 10.6 Å². The van der Waals surface area contributed by atoms with Crippen molar-refractivity contribution in [2.75, 3.05) is 13.6 Å². The van der Waals surface area contributed by atoms with E-state index < -0.39 is 0 Å². The van der Waals surface area contributed by atoms with Crippen LogP contribution in [-0.4, -0.2) is 30.1 Å². The second-order valence-corrected chi connectivity index (χ2v) is 3.87. The molecule has 0 bridgehead atoms. The summed E-state index contributed by atoms with van der Waals surface area (Å²) >= 11 is 0. The summed E-state index contributed by atoms with van der Waals surface area (Å²) in [6.45, 7) is 1.25. The van der Waals surface area contributed by atoms with Gasteiger partial charge in [0, 0.05) is 11.6 Å². The van der Waals surface area contributed by atoms with E-state index in [2.05, 4.69) is 11.9 Å². The van der Waals surface area contributed by atoms with Gasteiger partial charge in [-0.15, -0.1) is 0 Å². The summed E-state index contributed by atoms with van der Waals surface area (Å²) in [5, 5.41) is 0. The highest BCUT2D eigenvalue weighted by Gasteiger charge is 2.48. The molecular formula is C8H16N2. The molecular weight excluding hydrogens is 124 g/mol. The second kappa shape index (κ2) is 1.95. The normalized spacial score (nSPS) is 38.4. The lowest BCUT2D eigenvalue weighted by Gasteiger charge is -2.25. The Hall–Kier alpha value is -0.0800. The highest BCUT2D eigenvalue weighted by molar-refractivity contribution is 5.09. The first-order valence-corrected chi connectivity index (χ1v) is 4.21. The largest absolute Gasteiger partial charge is 0.324 e. The van der Waals surface area contributed by atoms with Gasteiger partial charge in [0.2, 0.25) is 0 Å². The van der Waals surface area contributed by atoms with Gasteiger partial charge in [-0.25, -0.2) is 0 Å². The summed E-state index contributed by atoms with van der Waals surface area (Å²) in [5.74, 6) is 0. The van der Waals surface area contributed by atoms with Crippen LogP contribution in [0.5, 0.6) is 0 Å². The Morgan fingerprint density at radius 1 is 1.50 bits per heavy atom. The van der Waals surface area contributed by atoms with Crippen LogP contribution in [0, 0.1) is 0 Å². The van der Waals surface area contributed by atoms with Crippen molar-refractivity contribution in [3.05, 3.63) is 0 Å². The monoisotopic (exact) mass is 140 g/mol. The topological polar surface area (TPSA) is 29.3 Å². The van der Waals surface area contributed by atoms with Gasteiger partial charge in [0.05, 0.1) is 0 Å². The minimum absolute atomic E-state index is 0.227. The number of rotatable bonds is 1. The summed E-state index contributed by atoms with van der Waals surface area (Å²) < 4.78 is 0. The Morgan fingerprint density at radius 3 is 2.60 bits per heavy atom. The molecule has 1 atom stereocenters. The molecule has 0 aromatic heterocycles. The Labute approximate surface area is 62.4 Å². The van der Waals surface area contributed by atoms with Crippen LogP contribution in [0.2, 0.25) is 0 Å². The lowest BCUT2D eigenvalue weighted by molar-refractivity contribution is 0.260. The van der Waals surface area contributed by atoms with Crippen molar-refractivity contribution in [2.45, 2.75) is 37.3 Å². The first-order chi connectivity index (χ1) is 4.72. The molecule has 0 aromatic rings. The summed E-state index contributed by atoms with van der Waals surface area (Å²) in [6.07, 6.45) is 5.18. The Bertz CT molecular complexity index is 140. The molecule has 1 unspecified atom stereocenters. The van der Waals surface area contributed by atoms with Crippen molar-refractivity contribution in [3.8, 4) is 0 Å². The van der Waals surface area contributed by atoms with Crippen molar-refractivity contribution in [2.24, 2.45) is 5.73 Å². The predicted octanol–water partition coefficient (Wildman–Crippen LogP) is 0.572. The van der Waals surface area contributed by atoms with E-state index in [0.717, 1.165) is 0 Å². The van der Waals surface area contributed by atoms with Gasteiger partial charge in [-0.3, -0.25) is 0 Å². The molecule has 2 fully saturated rings.